The van der Waals surface area contributed by atoms with Crippen LogP contribution in [0.3, 0.4) is 0 Å². The molecular formula is C17H21N5O3. The second-order valence-electron chi connectivity index (χ2n) is 6.92. The lowest BCUT2D eigenvalue weighted by Gasteiger charge is -2.29. The lowest BCUT2D eigenvalue weighted by Crippen LogP contribution is -2.39. The summed E-state index contributed by atoms with van der Waals surface area (Å²) in [6.07, 6.45) is 3.21. The second-order valence-corrected chi connectivity index (χ2v) is 6.92. The van der Waals surface area contributed by atoms with Gasteiger partial charge in [-0.3, -0.25) is 9.78 Å². The predicted molar refractivity (Wildman–Crippen MR) is 91.0 cm³/mol. The van der Waals surface area contributed by atoms with Crippen LogP contribution in [-0.4, -0.2) is 43.8 Å². The molecule has 0 aliphatic carbocycles. The number of nitrogen functional groups attached to an aromatic ring is 1. The van der Waals surface area contributed by atoms with Gasteiger partial charge in [0.1, 0.15) is 11.4 Å². The number of aromatic nitrogens is 3. The molecule has 3 rings (SSSR count). The van der Waals surface area contributed by atoms with Gasteiger partial charge in [-0.05, 0) is 39.3 Å². The standard InChI is InChI=1S/C17H21N5O3/c1-17(2,3)25-16(24)21-9-6-12-13(10-21)20-22(14(12)18)15(23)11-4-7-19-8-5-11/h4-5,7-8H,6,9-10,18H2,1-3H3. The summed E-state index contributed by atoms with van der Waals surface area (Å²) in [4.78, 5) is 30.3. The van der Waals surface area contributed by atoms with Crippen LogP contribution in [0.4, 0.5) is 10.6 Å². The Hall–Kier alpha value is -2.90. The van der Waals surface area contributed by atoms with Crippen molar-refractivity contribution in [3.8, 4) is 0 Å². The van der Waals surface area contributed by atoms with Gasteiger partial charge >= 0.3 is 6.09 Å². The minimum absolute atomic E-state index is 0.269. The maximum Gasteiger partial charge on any atom is 0.410 e. The number of carbonyl (C=O) groups is 2. The van der Waals surface area contributed by atoms with Gasteiger partial charge in [0.2, 0.25) is 0 Å². The summed E-state index contributed by atoms with van der Waals surface area (Å²) in [5.74, 6) is -0.00114. The molecule has 25 heavy (non-hydrogen) atoms. The number of nitrogens with zero attached hydrogens (tertiary/aromatic N) is 4. The molecule has 0 radical (unpaired) electrons. The lowest BCUT2D eigenvalue weighted by molar-refractivity contribution is 0.0221. The smallest absolute Gasteiger partial charge is 0.410 e. The largest absolute Gasteiger partial charge is 0.444 e. The molecule has 0 spiro atoms. The molecule has 1 aliphatic rings. The Bertz CT molecular complexity index is 808. The molecule has 1 amide bonds. The van der Waals surface area contributed by atoms with Gasteiger partial charge in [0.25, 0.3) is 5.91 Å². The van der Waals surface area contributed by atoms with E-state index in [1.807, 2.05) is 20.8 Å². The van der Waals surface area contributed by atoms with E-state index >= 15 is 0 Å². The highest BCUT2D eigenvalue weighted by Gasteiger charge is 2.30. The fraction of sp³-hybridized carbons (Fsp3) is 0.412. The molecule has 132 valence electrons. The molecular weight excluding hydrogens is 322 g/mol. The van der Waals surface area contributed by atoms with Crippen LogP contribution in [0, 0.1) is 0 Å². The molecule has 0 saturated heterocycles. The fourth-order valence-electron chi connectivity index (χ4n) is 2.67. The molecule has 8 nitrogen and oxygen atoms in total. The number of pyridine rings is 1. The number of hydrogen-bond acceptors (Lipinski definition) is 6. The first kappa shape index (κ1) is 16.9. The van der Waals surface area contributed by atoms with Gasteiger partial charge in [0.15, 0.2) is 0 Å². The van der Waals surface area contributed by atoms with Crippen molar-refractivity contribution >= 4 is 17.8 Å². The summed E-state index contributed by atoms with van der Waals surface area (Å²) in [7, 11) is 0. The van der Waals surface area contributed by atoms with E-state index in [-0.39, 0.29) is 12.5 Å². The Kier molecular flexibility index (Phi) is 4.20. The van der Waals surface area contributed by atoms with Crippen LogP contribution in [0.1, 0.15) is 42.4 Å². The average Bonchev–Trinajstić information content (AvgIpc) is 2.90. The first-order valence-electron chi connectivity index (χ1n) is 8.05. The Morgan fingerprint density at radius 2 is 1.92 bits per heavy atom. The first-order valence-corrected chi connectivity index (χ1v) is 8.05. The number of fused-ring (bicyclic) bond motifs is 1. The van der Waals surface area contributed by atoms with E-state index in [1.165, 1.54) is 17.1 Å². The van der Waals surface area contributed by atoms with E-state index in [4.69, 9.17) is 10.5 Å². The number of amides is 1. The van der Waals surface area contributed by atoms with Crippen LogP contribution in [0.15, 0.2) is 24.5 Å². The molecule has 2 aromatic rings. The van der Waals surface area contributed by atoms with Crippen molar-refractivity contribution in [3.63, 3.8) is 0 Å². The molecule has 3 heterocycles. The monoisotopic (exact) mass is 343 g/mol. The summed E-state index contributed by atoms with van der Waals surface area (Å²) < 4.78 is 6.59. The van der Waals surface area contributed by atoms with Gasteiger partial charge < -0.3 is 15.4 Å². The average molecular weight is 343 g/mol. The van der Waals surface area contributed by atoms with Crippen LogP contribution in [-0.2, 0) is 17.7 Å². The number of ether oxygens (including phenoxy) is 1. The molecule has 0 bridgehead atoms. The van der Waals surface area contributed by atoms with Gasteiger partial charge in [0, 0.05) is 30.1 Å². The molecule has 2 aromatic heterocycles. The number of anilines is 1. The molecule has 0 aromatic carbocycles. The summed E-state index contributed by atoms with van der Waals surface area (Å²) >= 11 is 0. The summed E-state index contributed by atoms with van der Waals surface area (Å²) in [6.45, 7) is 6.20. The minimum Gasteiger partial charge on any atom is -0.444 e. The number of nitrogens with two attached hydrogens (primary N) is 1. The number of hydrogen-bond donors (Lipinski definition) is 1. The highest BCUT2D eigenvalue weighted by Crippen LogP contribution is 2.25. The van der Waals surface area contributed by atoms with Crippen LogP contribution in [0.25, 0.3) is 0 Å². The molecule has 2 N–H and O–H groups in total. The summed E-state index contributed by atoms with van der Waals surface area (Å²) in [5.41, 5.74) is 7.43. The highest BCUT2D eigenvalue weighted by molar-refractivity contribution is 5.97. The summed E-state index contributed by atoms with van der Waals surface area (Å²) in [6, 6.07) is 3.21. The van der Waals surface area contributed by atoms with Crippen LogP contribution < -0.4 is 5.73 Å². The van der Waals surface area contributed by atoms with Crippen molar-refractivity contribution in [2.75, 3.05) is 12.3 Å². The van der Waals surface area contributed by atoms with E-state index < -0.39 is 11.7 Å². The third-order valence-electron chi connectivity index (χ3n) is 3.85. The van der Waals surface area contributed by atoms with Gasteiger partial charge in [-0.1, -0.05) is 0 Å². The predicted octanol–water partition coefficient (Wildman–Crippen LogP) is 1.84. The van der Waals surface area contributed by atoms with Crippen molar-refractivity contribution in [1.82, 2.24) is 19.7 Å². The van der Waals surface area contributed by atoms with Crippen molar-refractivity contribution in [2.24, 2.45) is 0 Å². The zero-order valence-electron chi connectivity index (χ0n) is 14.5. The van der Waals surface area contributed by atoms with Crippen LogP contribution in [0.2, 0.25) is 0 Å². The van der Waals surface area contributed by atoms with Crippen LogP contribution in [0.5, 0.6) is 0 Å². The molecule has 1 aliphatic heterocycles. The minimum atomic E-state index is -0.562. The van der Waals surface area contributed by atoms with Gasteiger partial charge in [-0.25, -0.2) is 4.79 Å². The molecule has 0 atom stereocenters. The van der Waals surface area contributed by atoms with E-state index in [0.717, 1.165) is 5.56 Å². The summed E-state index contributed by atoms with van der Waals surface area (Å²) in [5, 5.41) is 4.33. The Morgan fingerprint density at radius 1 is 1.24 bits per heavy atom. The number of carbonyl (C=O) groups excluding carboxylic acids is 2. The topological polar surface area (TPSA) is 103 Å². The van der Waals surface area contributed by atoms with E-state index in [0.29, 0.717) is 30.0 Å². The second kappa shape index (κ2) is 6.19. The SMILES string of the molecule is CC(C)(C)OC(=O)N1CCc2c(nn(C(=O)c3ccncc3)c2N)C1. The molecule has 0 fully saturated rings. The third-order valence-corrected chi connectivity index (χ3v) is 3.85. The van der Waals surface area contributed by atoms with Crippen molar-refractivity contribution in [3.05, 3.63) is 41.3 Å². The molecule has 0 unspecified atom stereocenters. The van der Waals surface area contributed by atoms with Gasteiger partial charge in [0.05, 0.1) is 12.2 Å². The quantitative estimate of drug-likeness (QED) is 0.847. The third kappa shape index (κ3) is 3.47. The van der Waals surface area contributed by atoms with E-state index in [2.05, 4.69) is 10.1 Å². The van der Waals surface area contributed by atoms with Crippen LogP contribution >= 0.6 is 0 Å². The Labute approximate surface area is 145 Å². The van der Waals surface area contributed by atoms with Gasteiger partial charge in [-0.15, -0.1) is 0 Å². The fourth-order valence-corrected chi connectivity index (χ4v) is 2.67. The zero-order chi connectivity index (χ0) is 18.2. The highest BCUT2D eigenvalue weighted by atomic mass is 16.6. The maximum atomic E-state index is 12.6. The Balaban J connectivity index is 1.83. The van der Waals surface area contributed by atoms with Crippen molar-refractivity contribution in [2.45, 2.75) is 39.3 Å². The van der Waals surface area contributed by atoms with Gasteiger partial charge in [-0.2, -0.15) is 9.78 Å². The Morgan fingerprint density at radius 3 is 2.56 bits per heavy atom. The maximum absolute atomic E-state index is 12.6. The van der Waals surface area contributed by atoms with E-state index in [1.54, 1.807) is 17.0 Å². The molecule has 0 saturated carbocycles. The van der Waals surface area contributed by atoms with E-state index in [9.17, 15) is 9.59 Å². The first-order chi connectivity index (χ1) is 11.8. The normalized spacial score (nSPS) is 14.1. The zero-order valence-corrected chi connectivity index (χ0v) is 14.5. The molecule has 8 heteroatoms. The lowest BCUT2D eigenvalue weighted by atomic mass is 10.1. The van der Waals surface area contributed by atoms with Crippen molar-refractivity contribution < 1.29 is 14.3 Å². The number of rotatable bonds is 1. The van der Waals surface area contributed by atoms with Crippen molar-refractivity contribution in [1.29, 1.82) is 0 Å².